The Morgan fingerprint density at radius 1 is 0.971 bits per heavy atom. The Hall–Kier alpha value is -5.54. The van der Waals surface area contributed by atoms with Crippen molar-refractivity contribution in [2.75, 3.05) is 30.0 Å². The first-order valence-electron chi connectivity index (χ1n) is 23.2. The lowest BCUT2D eigenvalue weighted by Gasteiger charge is -2.62. The number of benzene rings is 1. The van der Waals surface area contributed by atoms with Crippen molar-refractivity contribution < 1.29 is 62.7 Å². The Bertz CT molecular complexity index is 2420. The number of hydrogen-bond acceptors (Lipinski definition) is 14. The highest BCUT2D eigenvalue weighted by atomic mass is 32.2. The average Bonchev–Trinajstić information content (AvgIpc) is 3.81. The van der Waals surface area contributed by atoms with Crippen molar-refractivity contribution in [3.8, 4) is 0 Å². The molecule has 0 radical (unpaired) electrons. The number of carbonyl (C=O) groups is 7. The number of aliphatic carboxylic acids is 1. The number of carbonyl (C=O) groups excluding carboxylic acids is 6. The Morgan fingerprint density at radius 3 is 2.33 bits per heavy atom. The number of ketones is 2. The summed E-state index contributed by atoms with van der Waals surface area (Å²) in [7, 11) is 0. The first-order chi connectivity index (χ1) is 32.6. The van der Waals surface area contributed by atoms with E-state index >= 15 is 4.39 Å². The van der Waals surface area contributed by atoms with Gasteiger partial charge in [0.25, 0.3) is 0 Å². The zero-order valence-electron chi connectivity index (χ0n) is 39.4. The predicted molar refractivity (Wildman–Crippen MR) is 251 cm³/mol. The molecule has 20 heteroatoms. The van der Waals surface area contributed by atoms with Gasteiger partial charge in [-0.3, -0.25) is 33.6 Å². The normalized spacial score (nSPS) is 31.5. The van der Waals surface area contributed by atoms with Crippen LogP contribution in [0.25, 0.3) is 0 Å². The third-order valence-electron chi connectivity index (χ3n) is 15.2. The molecule has 8 N–H and O–H groups in total. The van der Waals surface area contributed by atoms with Gasteiger partial charge in [0.05, 0.1) is 23.9 Å². The number of ether oxygens (including phenoxy) is 2. The van der Waals surface area contributed by atoms with Crippen LogP contribution in [0, 0.1) is 22.7 Å². The number of alkyl halides is 1. The van der Waals surface area contributed by atoms with Gasteiger partial charge in [0.1, 0.15) is 24.5 Å². The number of amides is 4. The first kappa shape index (κ1) is 51.3. The van der Waals surface area contributed by atoms with Crippen molar-refractivity contribution in [2.24, 2.45) is 22.7 Å². The fourth-order valence-corrected chi connectivity index (χ4v) is 12.0. The second-order valence-corrected chi connectivity index (χ2v) is 20.3. The van der Waals surface area contributed by atoms with E-state index in [9.17, 15) is 43.8 Å². The van der Waals surface area contributed by atoms with Crippen LogP contribution in [0.3, 0.4) is 0 Å². The van der Waals surface area contributed by atoms with E-state index in [1.165, 1.54) is 26.0 Å². The van der Waals surface area contributed by atoms with Gasteiger partial charge in [0.2, 0.25) is 23.6 Å². The highest BCUT2D eigenvalue weighted by Crippen LogP contribution is 2.72. The molecule has 1 aliphatic heterocycles. The number of carboxylic acids is 1. The molecule has 69 heavy (non-hydrogen) atoms. The number of aliphatic hydroxyl groups excluding tert-OH is 2. The van der Waals surface area contributed by atoms with Crippen LogP contribution < -0.4 is 26.6 Å². The number of halogens is 1. The number of Topliss-reactive ketones (excluding diaryl/α,β-unsaturated/α-hetero) is 1. The molecule has 18 nitrogen and oxygen atoms in total. The summed E-state index contributed by atoms with van der Waals surface area (Å²) in [5.41, 5.74) is -3.56. The molecule has 2 aromatic rings. The van der Waals surface area contributed by atoms with Gasteiger partial charge in [-0.15, -0.1) is 0 Å². The number of rotatable bonds is 18. The smallest absolute Gasteiger partial charge is 0.305 e. The maximum absolute atomic E-state index is 17.7. The maximum Gasteiger partial charge on any atom is 0.305 e. The number of anilines is 2. The number of aromatic nitrogens is 1. The summed E-state index contributed by atoms with van der Waals surface area (Å²) in [6, 6.07) is 8.33. The zero-order valence-corrected chi connectivity index (χ0v) is 40.2. The number of carboxylic acid groups (broad SMARTS) is 1. The predicted octanol–water partition coefficient (Wildman–Crippen LogP) is 3.61. The molecule has 4 aliphatic carbocycles. The van der Waals surface area contributed by atoms with Crippen LogP contribution in [0.1, 0.15) is 96.6 Å². The molecule has 0 bridgehead atoms. The molecular formula is C49H61FN6O12S. The van der Waals surface area contributed by atoms with Gasteiger partial charge in [0.15, 0.2) is 29.1 Å². The Morgan fingerprint density at radius 2 is 1.68 bits per heavy atom. The van der Waals surface area contributed by atoms with Gasteiger partial charge in [0, 0.05) is 53.2 Å². The van der Waals surface area contributed by atoms with E-state index < -0.39 is 112 Å². The minimum atomic E-state index is -2.11. The van der Waals surface area contributed by atoms with Crippen molar-refractivity contribution >= 4 is 64.4 Å². The van der Waals surface area contributed by atoms with Crippen LogP contribution in [-0.4, -0.2) is 122 Å². The minimum absolute atomic E-state index is 0.0521. The fourth-order valence-electron chi connectivity index (χ4n) is 11.4. The number of nitrogens with zero attached hydrogens (tertiary/aromatic N) is 1. The van der Waals surface area contributed by atoms with Gasteiger partial charge in [-0.25, -0.2) is 9.37 Å². The van der Waals surface area contributed by atoms with Crippen molar-refractivity contribution in [2.45, 2.75) is 126 Å². The number of pyridine rings is 1. The lowest BCUT2D eigenvalue weighted by Crippen LogP contribution is -2.69. The van der Waals surface area contributed by atoms with E-state index in [0.717, 1.165) is 17.3 Å². The highest BCUT2D eigenvalue weighted by molar-refractivity contribution is 7.99. The lowest BCUT2D eigenvalue weighted by molar-refractivity contribution is -0.231. The maximum atomic E-state index is 17.7. The minimum Gasteiger partial charge on any atom is -0.481 e. The highest BCUT2D eigenvalue weighted by Gasteiger charge is 2.79. The van der Waals surface area contributed by atoms with Crippen molar-refractivity contribution in [3.63, 3.8) is 0 Å². The summed E-state index contributed by atoms with van der Waals surface area (Å²) < 4.78 is 30.9. The Labute approximate surface area is 403 Å². The van der Waals surface area contributed by atoms with Crippen LogP contribution in [0.5, 0.6) is 0 Å². The van der Waals surface area contributed by atoms with Crippen LogP contribution >= 0.6 is 11.8 Å². The first-order valence-corrected chi connectivity index (χ1v) is 24.4. The Kier molecular flexibility index (Phi) is 14.9. The van der Waals surface area contributed by atoms with E-state index in [1.807, 2.05) is 26.0 Å². The fraction of sp³-hybridized carbons (Fsp3) is 0.551. The van der Waals surface area contributed by atoms with Crippen molar-refractivity contribution in [1.29, 1.82) is 0 Å². The van der Waals surface area contributed by atoms with Crippen molar-refractivity contribution in [3.05, 3.63) is 77.5 Å². The van der Waals surface area contributed by atoms with Crippen molar-refractivity contribution in [1.82, 2.24) is 20.9 Å². The zero-order chi connectivity index (χ0) is 50.2. The quantitative estimate of drug-likeness (QED) is 0.106. The van der Waals surface area contributed by atoms with Crippen LogP contribution in [0.15, 0.2) is 66.4 Å². The Balaban J connectivity index is 0.904. The molecular weight excluding hydrogens is 916 g/mol. The third-order valence-corrected chi connectivity index (χ3v) is 16.1. The molecule has 372 valence electrons. The van der Waals surface area contributed by atoms with E-state index in [1.54, 1.807) is 49.7 Å². The van der Waals surface area contributed by atoms with Crippen LogP contribution in [0.2, 0.25) is 0 Å². The molecule has 2 heterocycles. The molecule has 0 spiro atoms. The molecule has 1 unspecified atom stereocenters. The summed E-state index contributed by atoms with van der Waals surface area (Å²) in [4.78, 5) is 92.0. The summed E-state index contributed by atoms with van der Waals surface area (Å²) in [6.07, 6.45) is 4.73. The standard InChI is InChI=1S/C49H61FN6O12S/c1-25(28-7-11-31(12-8-28)56-43(65)27(3)55-42(64)26(2)54-40(61)16-18-51-44(66)35(69-6)21-41(62)63)53-39-14-9-29(23-52-39)45-67-38-20-34-33-13-10-30-19-32(58)15-17-46(30,4)48(33,50)36(59)22-47(34,5)49(38,68-45)37(60)24-57/h7-9,11-12,14-15,17,19,23,25-27,33-36,38,45,57,59H,10,13,16,18,20-22,24H2,1-6H3,(H,51,66)(H,52,53)(H,54,61)(H,55,64)(H,56,65)(H,62,63)/t25-,26+,27+,33+,34+,35?,36+,38-,45-,46+,47+,48+,49-/m1/s1. The monoisotopic (exact) mass is 976 g/mol. The largest absolute Gasteiger partial charge is 0.481 e. The molecule has 3 saturated carbocycles. The second-order valence-electron chi connectivity index (χ2n) is 19.2. The summed E-state index contributed by atoms with van der Waals surface area (Å²) >= 11 is 1.08. The molecule has 1 aromatic carbocycles. The average molecular weight is 977 g/mol. The molecule has 5 aliphatic rings. The number of nitrogens with one attached hydrogen (secondary N) is 5. The second kappa shape index (κ2) is 20.1. The summed E-state index contributed by atoms with van der Waals surface area (Å²) in [5.74, 6) is -4.64. The topological polar surface area (TPSA) is 272 Å². The molecule has 1 saturated heterocycles. The van der Waals surface area contributed by atoms with Crippen LogP contribution in [0.4, 0.5) is 15.9 Å². The van der Waals surface area contributed by atoms with Gasteiger partial charge in [-0.2, -0.15) is 11.8 Å². The van der Waals surface area contributed by atoms with Gasteiger partial charge >= 0.3 is 5.97 Å². The summed E-state index contributed by atoms with van der Waals surface area (Å²) in [6.45, 7) is 7.55. The third kappa shape index (κ3) is 9.45. The molecule has 4 amide bonds. The molecule has 1 aromatic heterocycles. The lowest BCUT2D eigenvalue weighted by atomic mass is 9.44. The summed E-state index contributed by atoms with van der Waals surface area (Å²) in [5, 5.41) is 44.0. The molecule has 7 rings (SSSR count). The van der Waals surface area contributed by atoms with E-state index in [0.29, 0.717) is 35.5 Å². The van der Waals surface area contributed by atoms with E-state index in [2.05, 4.69) is 31.6 Å². The molecule has 4 fully saturated rings. The van der Waals surface area contributed by atoms with Crippen LogP contribution in [-0.2, 0) is 43.0 Å². The number of fused-ring (bicyclic) bond motifs is 7. The van der Waals surface area contributed by atoms with E-state index in [-0.39, 0.29) is 44.1 Å². The van der Waals surface area contributed by atoms with Gasteiger partial charge in [-0.1, -0.05) is 30.7 Å². The number of hydrogen-bond donors (Lipinski definition) is 8. The number of thioether (sulfide) groups is 1. The SMILES string of the molecule is CSC(CC(=O)O)C(=O)NCCC(=O)N[C@@H](C)C(=O)N[C@@H](C)C(=O)Nc1ccc([C@@H](C)Nc2ccc([C@@H]3O[C@@H]4C[C@H]5[C@@H]6CCC7=CC(=O)C=C[C@]7(C)[C@@]6(F)[C@@H](O)C[C@]5(C)[C@]4(C(=O)CO)O3)cn2)cc1. The number of allylic oxidation sites excluding steroid dienone is 4. The molecule has 13 atom stereocenters. The van der Waals surface area contributed by atoms with Gasteiger partial charge in [-0.05, 0) is 108 Å². The number of aliphatic hydroxyl groups is 2. The van der Waals surface area contributed by atoms with Gasteiger partial charge < -0.3 is 51.4 Å². The van der Waals surface area contributed by atoms with E-state index in [4.69, 9.17) is 14.6 Å².